The highest BCUT2D eigenvalue weighted by atomic mass is 14.9. The van der Waals surface area contributed by atoms with Crippen LogP contribution in [0.2, 0.25) is 0 Å². The third-order valence-corrected chi connectivity index (χ3v) is 4.00. The molecule has 2 rings (SSSR count). The van der Waals surface area contributed by atoms with Crippen LogP contribution >= 0.6 is 0 Å². The predicted octanol–water partition coefficient (Wildman–Crippen LogP) is 3.13. The van der Waals surface area contributed by atoms with E-state index < -0.39 is 0 Å². The number of nitrogens with two attached hydrogens (primary N) is 1. The highest BCUT2D eigenvalue weighted by molar-refractivity contribution is 5.62. The fraction of sp³-hybridized carbons (Fsp3) is 0.500. The number of hydrogen-bond acceptors (Lipinski definition) is 3. The van der Waals surface area contributed by atoms with Crippen molar-refractivity contribution in [1.29, 1.82) is 5.26 Å². The molecule has 1 fully saturated rings. The zero-order valence-corrected chi connectivity index (χ0v) is 10.3. The normalized spacial score (nSPS) is 16.9. The average Bonchev–Trinajstić information content (AvgIpc) is 2.28. The van der Waals surface area contributed by atoms with E-state index in [9.17, 15) is 0 Å². The molecule has 0 unspecified atom stereocenters. The van der Waals surface area contributed by atoms with Gasteiger partial charge in [0.1, 0.15) is 6.07 Å². The average molecular weight is 229 g/mol. The van der Waals surface area contributed by atoms with Gasteiger partial charge in [-0.3, -0.25) is 0 Å². The summed E-state index contributed by atoms with van der Waals surface area (Å²) in [6.07, 6.45) is 5.22. The first-order valence-corrected chi connectivity index (χ1v) is 6.23. The van der Waals surface area contributed by atoms with Crippen molar-refractivity contribution in [2.45, 2.75) is 32.6 Å². The first-order valence-electron chi connectivity index (χ1n) is 6.23. The number of rotatable bonds is 4. The van der Waals surface area contributed by atoms with Crippen molar-refractivity contribution in [2.24, 2.45) is 5.41 Å². The lowest BCUT2D eigenvalue weighted by molar-refractivity contribution is 0.145. The Morgan fingerprint density at radius 2 is 2.24 bits per heavy atom. The van der Waals surface area contributed by atoms with E-state index in [2.05, 4.69) is 18.3 Å². The molecule has 0 amide bonds. The van der Waals surface area contributed by atoms with Gasteiger partial charge in [-0.05, 0) is 42.9 Å². The second-order valence-electron chi connectivity index (χ2n) is 4.97. The summed E-state index contributed by atoms with van der Waals surface area (Å²) >= 11 is 0. The van der Waals surface area contributed by atoms with Crippen LogP contribution in [0.15, 0.2) is 18.2 Å². The maximum Gasteiger partial charge on any atom is 0.101 e. The van der Waals surface area contributed by atoms with Gasteiger partial charge in [0.2, 0.25) is 0 Å². The third-order valence-electron chi connectivity index (χ3n) is 4.00. The van der Waals surface area contributed by atoms with Crippen LogP contribution < -0.4 is 11.1 Å². The molecule has 17 heavy (non-hydrogen) atoms. The van der Waals surface area contributed by atoms with Crippen molar-refractivity contribution in [2.75, 3.05) is 17.6 Å². The summed E-state index contributed by atoms with van der Waals surface area (Å²) in [5, 5.41) is 12.2. The Morgan fingerprint density at radius 3 is 2.71 bits per heavy atom. The SMILES string of the molecule is CCC1(CNc2ccc(C#N)c(N)c2)CCC1. The molecule has 3 N–H and O–H groups in total. The lowest BCUT2D eigenvalue weighted by Crippen LogP contribution is -2.35. The molecule has 0 atom stereocenters. The maximum atomic E-state index is 8.80. The molecular formula is C14H19N3. The Bertz CT molecular complexity index is 436. The van der Waals surface area contributed by atoms with Gasteiger partial charge in [-0.15, -0.1) is 0 Å². The van der Waals surface area contributed by atoms with Gasteiger partial charge in [0.15, 0.2) is 0 Å². The van der Waals surface area contributed by atoms with Gasteiger partial charge in [0.25, 0.3) is 0 Å². The van der Waals surface area contributed by atoms with Crippen LogP contribution in [0, 0.1) is 16.7 Å². The van der Waals surface area contributed by atoms with Crippen molar-refractivity contribution in [3.05, 3.63) is 23.8 Å². The molecule has 1 aromatic carbocycles. The van der Waals surface area contributed by atoms with Crippen molar-refractivity contribution >= 4 is 11.4 Å². The van der Waals surface area contributed by atoms with Crippen LogP contribution in [0.1, 0.15) is 38.2 Å². The predicted molar refractivity (Wildman–Crippen MR) is 70.6 cm³/mol. The van der Waals surface area contributed by atoms with Crippen LogP contribution in [0.4, 0.5) is 11.4 Å². The highest BCUT2D eigenvalue weighted by Crippen LogP contribution is 2.43. The molecule has 90 valence electrons. The minimum absolute atomic E-state index is 0.489. The number of nitriles is 1. The summed E-state index contributed by atoms with van der Waals surface area (Å²) in [5.74, 6) is 0. The Kier molecular flexibility index (Phi) is 3.23. The van der Waals surface area contributed by atoms with Gasteiger partial charge in [-0.25, -0.2) is 0 Å². The summed E-state index contributed by atoms with van der Waals surface area (Å²) < 4.78 is 0. The summed E-state index contributed by atoms with van der Waals surface area (Å²) in [5.41, 5.74) is 8.39. The zero-order valence-electron chi connectivity index (χ0n) is 10.3. The number of benzene rings is 1. The van der Waals surface area contributed by atoms with Gasteiger partial charge in [0.05, 0.1) is 11.3 Å². The quantitative estimate of drug-likeness (QED) is 0.780. The molecule has 1 aliphatic carbocycles. The second kappa shape index (κ2) is 4.67. The standard InChI is InChI=1S/C14H19N3/c1-2-14(6-3-7-14)10-17-12-5-4-11(9-15)13(16)8-12/h4-5,8,17H,2-3,6-7,10,16H2,1H3. The Labute approximate surface area is 103 Å². The minimum atomic E-state index is 0.489. The lowest BCUT2D eigenvalue weighted by atomic mass is 9.67. The van der Waals surface area contributed by atoms with E-state index in [0.29, 0.717) is 16.7 Å². The van der Waals surface area contributed by atoms with Gasteiger partial charge in [0, 0.05) is 12.2 Å². The lowest BCUT2D eigenvalue weighted by Gasteiger charge is -2.41. The van der Waals surface area contributed by atoms with Crippen LogP contribution in [0.3, 0.4) is 0 Å². The van der Waals surface area contributed by atoms with Crippen LogP contribution in [0.25, 0.3) is 0 Å². The number of anilines is 2. The molecule has 0 spiro atoms. The van der Waals surface area contributed by atoms with E-state index in [-0.39, 0.29) is 0 Å². The summed E-state index contributed by atoms with van der Waals surface area (Å²) in [6, 6.07) is 7.63. The Morgan fingerprint density at radius 1 is 1.47 bits per heavy atom. The van der Waals surface area contributed by atoms with Crippen molar-refractivity contribution < 1.29 is 0 Å². The van der Waals surface area contributed by atoms with Gasteiger partial charge in [-0.2, -0.15) is 5.26 Å². The molecule has 0 saturated heterocycles. The van der Waals surface area contributed by atoms with E-state index >= 15 is 0 Å². The van der Waals surface area contributed by atoms with E-state index in [1.165, 1.54) is 25.7 Å². The zero-order chi connectivity index (χ0) is 12.3. The van der Waals surface area contributed by atoms with Crippen LogP contribution in [0.5, 0.6) is 0 Å². The van der Waals surface area contributed by atoms with E-state index in [4.69, 9.17) is 11.0 Å². The first kappa shape index (κ1) is 11.8. The van der Waals surface area contributed by atoms with Crippen molar-refractivity contribution in [3.8, 4) is 6.07 Å². The number of nitrogens with one attached hydrogen (secondary N) is 1. The summed E-state index contributed by atoms with van der Waals surface area (Å²) in [6.45, 7) is 3.27. The van der Waals surface area contributed by atoms with Gasteiger partial charge >= 0.3 is 0 Å². The van der Waals surface area contributed by atoms with Crippen LogP contribution in [-0.2, 0) is 0 Å². The van der Waals surface area contributed by atoms with Crippen molar-refractivity contribution in [1.82, 2.24) is 0 Å². The number of hydrogen-bond donors (Lipinski definition) is 2. The molecule has 0 aliphatic heterocycles. The van der Waals surface area contributed by atoms with Crippen LogP contribution in [-0.4, -0.2) is 6.54 Å². The van der Waals surface area contributed by atoms with E-state index in [1.54, 1.807) is 6.07 Å². The van der Waals surface area contributed by atoms with E-state index in [0.717, 1.165) is 12.2 Å². The fourth-order valence-electron chi connectivity index (χ4n) is 2.40. The Hall–Kier alpha value is -1.69. The topological polar surface area (TPSA) is 61.8 Å². The second-order valence-corrected chi connectivity index (χ2v) is 4.97. The smallest absolute Gasteiger partial charge is 0.101 e. The molecule has 1 aliphatic rings. The van der Waals surface area contributed by atoms with Crippen molar-refractivity contribution in [3.63, 3.8) is 0 Å². The van der Waals surface area contributed by atoms with E-state index in [1.807, 2.05) is 12.1 Å². The molecule has 0 bridgehead atoms. The molecular weight excluding hydrogens is 210 g/mol. The number of nitrogens with zero attached hydrogens (tertiary/aromatic N) is 1. The largest absolute Gasteiger partial charge is 0.398 e. The molecule has 3 nitrogen and oxygen atoms in total. The number of nitrogen functional groups attached to an aromatic ring is 1. The van der Waals surface area contributed by atoms with Gasteiger partial charge in [-0.1, -0.05) is 13.3 Å². The first-order chi connectivity index (χ1) is 8.19. The third kappa shape index (κ3) is 2.36. The molecule has 1 aromatic rings. The molecule has 1 saturated carbocycles. The minimum Gasteiger partial charge on any atom is -0.398 e. The molecule has 3 heteroatoms. The Balaban J connectivity index is 2.00. The van der Waals surface area contributed by atoms with Gasteiger partial charge < -0.3 is 11.1 Å². The summed E-state index contributed by atoms with van der Waals surface area (Å²) in [4.78, 5) is 0. The summed E-state index contributed by atoms with van der Waals surface area (Å²) in [7, 11) is 0. The highest BCUT2D eigenvalue weighted by Gasteiger charge is 2.34. The monoisotopic (exact) mass is 229 g/mol. The molecule has 0 radical (unpaired) electrons. The molecule has 0 heterocycles. The maximum absolute atomic E-state index is 8.80. The fourth-order valence-corrected chi connectivity index (χ4v) is 2.40. The molecule has 0 aromatic heterocycles.